The molecule has 0 bridgehead atoms. The van der Waals surface area contributed by atoms with Crippen molar-refractivity contribution in [2.75, 3.05) is 12.0 Å². The lowest BCUT2D eigenvalue weighted by Crippen LogP contribution is -2.44. The van der Waals surface area contributed by atoms with Crippen LogP contribution in [-0.2, 0) is 16.0 Å². The summed E-state index contributed by atoms with van der Waals surface area (Å²) in [4.78, 5) is 46.5. The van der Waals surface area contributed by atoms with E-state index in [-0.39, 0.29) is 17.2 Å². The fraction of sp³-hybridized carbons (Fsp3) is 0.179. The zero-order valence-electron chi connectivity index (χ0n) is 19.3. The zero-order valence-corrected chi connectivity index (χ0v) is 19.3. The van der Waals surface area contributed by atoms with Crippen LogP contribution in [0.25, 0.3) is 10.9 Å². The summed E-state index contributed by atoms with van der Waals surface area (Å²) in [5, 5.41) is 1.05. The van der Waals surface area contributed by atoms with Crippen molar-refractivity contribution in [2.24, 2.45) is 0 Å². The summed E-state index contributed by atoms with van der Waals surface area (Å²) in [6.07, 6.45) is 0.392. The molecule has 7 nitrogen and oxygen atoms in total. The maximum atomic E-state index is 14.0. The van der Waals surface area contributed by atoms with Crippen LogP contribution < -0.4 is 4.90 Å². The minimum Gasteiger partial charge on any atom is -0.465 e. The molecule has 0 aliphatic carbocycles. The molecular formula is C28H23N3O4. The number of rotatable bonds is 3. The molecule has 1 saturated heterocycles. The minimum absolute atomic E-state index is 0.174. The predicted octanol–water partition coefficient (Wildman–Crippen LogP) is 4.75. The van der Waals surface area contributed by atoms with Crippen molar-refractivity contribution >= 4 is 34.5 Å². The summed E-state index contributed by atoms with van der Waals surface area (Å²) in [5.74, 6) is -0.947. The Morgan fingerprint density at radius 3 is 2.46 bits per heavy atom. The molecule has 0 spiro atoms. The number of nitrogens with zero attached hydrogens (tertiary/aromatic N) is 2. The second-order valence-corrected chi connectivity index (χ2v) is 8.97. The van der Waals surface area contributed by atoms with Crippen LogP contribution in [0.2, 0.25) is 0 Å². The highest BCUT2D eigenvalue weighted by Gasteiger charge is 2.53. The Morgan fingerprint density at radius 2 is 1.69 bits per heavy atom. The summed E-state index contributed by atoms with van der Waals surface area (Å²) in [6, 6.07) is 20.9. The fourth-order valence-corrected chi connectivity index (χ4v) is 5.34. The molecule has 7 heteroatoms. The monoisotopic (exact) mass is 465 g/mol. The third-order valence-electron chi connectivity index (χ3n) is 6.99. The van der Waals surface area contributed by atoms with Gasteiger partial charge >= 0.3 is 12.0 Å². The number of H-pyrrole nitrogens is 1. The van der Waals surface area contributed by atoms with Gasteiger partial charge in [-0.2, -0.15) is 0 Å². The van der Waals surface area contributed by atoms with E-state index in [1.165, 1.54) is 7.11 Å². The number of hydrogen-bond acceptors (Lipinski definition) is 4. The van der Waals surface area contributed by atoms with Gasteiger partial charge in [0.15, 0.2) is 0 Å². The Kier molecular flexibility index (Phi) is 4.74. The van der Waals surface area contributed by atoms with Gasteiger partial charge in [0.1, 0.15) is 12.1 Å². The lowest BCUT2D eigenvalue weighted by Gasteiger charge is -2.36. The molecule has 1 aromatic heterocycles. The van der Waals surface area contributed by atoms with E-state index in [2.05, 4.69) is 4.98 Å². The molecule has 1 N–H and O–H groups in total. The van der Waals surface area contributed by atoms with Crippen molar-refractivity contribution in [1.29, 1.82) is 0 Å². The molecule has 174 valence electrons. The van der Waals surface area contributed by atoms with Crippen molar-refractivity contribution < 1.29 is 19.1 Å². The van der Waals surface area contributed by atoms with Gasteiger partial charge in [-0.05, 0) is 36.2 Å². The van der Waals surface area contributed by atoms with Crippen LogP contribution in [0.4, 0.5) is 10.5 Å². The number of para-hydroxylation sites is 2. The number of esters is 1. The molecule has 3 heterocycles. The third-order valence-corrected chi connectivity index (χ3v) is 6.99. The van der Waals surface area contributed by atoms with Crippen molar-refractivity contribution in [3.8, 4) is 0 Å². The second kappa shape index (κ2) is 7.84. The number of imide groups is 1. The van der Waals surface area contributed by atoms with Gasteiger partial charge in [0, 0.05) is 23.0 Å². The van der Waals surface area contributed by atoms with Gasteiger partial charge in [-0.1, -0.05) is 60.2 Å². The van der Waals surface area contributed by atoms with E-state index in [4.69, 9.17) is 4.74 Å². The van der Waals surface area contributed by atoms with Crippen LogP contribution in [0, 0.1) is 6.92 Å². The normalized spacial score (nSPS) is 19.1. The number of carbonyl (C=O) groups excluding carboxylic acids is 3. The minimum atomic E-state index is -0.689. The number of nitrogens with one attached hydrogen (secondary N) is 1. The van der Waals surface area contributed by atoms with E-state index in [0.717, 1.165) is 38.2 Å². The number of aromatic amines is 1. The largest absolute Gasteiger partial charge is 0.465 e. The summed E-state index contributed by atoms with van der Waals surface area (Å²) in [7, 11) is 1.28. The number of ether oxygens (including phenoxy) is 1. The first kappa shape index (κ1) is 21.2. The fourth-order valence-electron chi connectivity index (χ4n) is 5.34. The number of urea groups is 1. The van der Waals surface area contributed by atoms with Gasteiger partial charge in [-0.3, -0.25) is 9.69 Å². The number of carbonyl (C=O) groups is 3. The SMILES string of the molecule is COC(=O)c1ccccc1N1C(=O)[C@@H]2Cc3c([nH]c4ccccc34)[C@@H](c3ccc(C)cc3)N2C1=O. The molecular weight excluding hydrogens is 442 g/mol. The number of amides is 3. The van der Waals surface area contributed by atoms with E-state index in [0.29, 0.717) is 6.42 Å². The lowest BCUT2D eigenvalue weighted by molar-refractivity contribution is -0.120. The molecule has 1 fully saturated rings. The number of benzene rings is 3. The number of fused-ring (bicyclic) bond motifs is 4. The zero-order chi connectivity index (χ0) is 24.3. The van der Waals surface area contributed by atoms with Gasteiger partial charge in [0.05, 0.1) is 18.4 Å². The molecule has 0 radical (unpaired) electrons. The topological polar surface area (TPSA) is 82.7 Å². The molecule has 3 amide bonds. The lowest BCUT2D eigenvalue weighted by atomic mass is 9.88. The van der Waals surface area contributed by atoms with Crippen LogP contribution in [0.5, 0.6) is 0 Å². The van der Waals surface area contributed by atoms with Crippen molar-refractivity contribution in [3.05, 3.63) is 101 Å². The van der Waals surface area contributed by atoms with Crippen molar-refractivity contribution in [2.45, 2.75) is 25.4 Å². The quantitative estimate of drug-likeness (QED) is 0.350. The summed E-state index contributed by atoms with van der Waals surface area (Å²) in [6.45, 7) is 2.01. The maximum absolute atomic E-state index is 14.0. The average Bonchev–Trinajstić information content (AvgIpc) is 3.37. The highest BCUT2D eigenvalue weighted by atomic mass is 16.5. The Morgan fingerprint density at radius 1 is 0.971 bits per heavy atom. The smallest absolute Gasteiger partial charge is 0.339 e. The molecule has 4 aromatic rings. The van der Waals surface area contributed by atoms with E-state index in [9.17, 15) is 14.4 Å². The first-order valence-corrected chi connectivity index (χ1v) is 11.5. The third kappa shape index (κ3) is 3.08. The van der Waals surface area contributed by atoms with E-state index >= 15 is 0 Å². The van der Waals surface area contributed by atoms with Crippen LogP contribution in [0.1, 0.15) is 38.8 Å². The molecule has 2 aliphatic heterocycles. The van der Waals surface area contributed by atoms with Crippen molar-refractivity contribution in [3.63, 3.8) is 0 Å². The number of aromatic nitrogens is 1. The summed E-state index contributed by atoms with van der Waals surface area (Å²) >= 11 is 0. The Hall–Kier alpha value is -4.39. The van der Waals surface area contributed by atoms with Crippen LogP contribution in [-0.4, -0.2) is 40.9 Å². The standard InChI is InChI=1S/C28H23N3O4/c1-16-11-13-17(14-12-16)25-24-20(18-7-3-5-9-21(18)29-24)15-23-26(32)31(28(34)30(23)25)22-10-6-4-8-19(22)27(33)35-2/h3-14,23,25,29H,15H2,1-2H3/t23-,25+/m0/s1. The molecule has 3 aromatic carbocycles. The molecule has 0 saturated carbocycles. The van der Waals surface area contributed by atoms with E-state index < -0.39 is 24.1 Å². The second-order valence-electron chi connectivity index (χ2n) is 8.97. The highest BCUT2D eigenvalue weighted by molar-refractivity contribution is 6.23. The first-order chi connectivity index (χ1) is 17.0. The van der Waals surface area contributed by atoms with Crippen LogP contribution in [0.3, 0.4) is 0 Å². The highest BCUT2D eigenvalue weighted by Crippen LogP contribution is 2.45. The summed E-state index contributed by atoms with van der Waals surface area (Å²) < 4.78 is 4.91. The Bertz CT molecular complexity index is 1500. The number of aryl methyl sites for hydroxylation is 1. The number of hydrogen-bond donors (Lipinski definition) is 1. The van der Waals surface area contributed by atoms with Crippen LogP contribution in [0.15, 0.2) is 72.8 Å². The van der Waals surface area contributed by atoms with Crippen LogP contribution >= 0.6 is 0 Å². The number of methoxy groups -OCH3 is 1. The Labute approximate surface area is 201 Å². The molecule has 35 heavy (non-hydrogen) atoms. The van der Waals surface area contributed by atoms with E-state index in [1.54, 1.807) is 29.2 Å². The van der Waals surface area contributed by atoms with Crippen molar-refractivity contribution in [1.82, 2.24) is 9.88 Å². The van der Waals surface area contributed by atoms with Gasteiger partial charge in [-0.15, -0.1) is 0 Å². The predicted molar refractivity (Wildman–Crippen MR) is 131 cm³/mol. The molecule has 2 atom stereocenters. The van der Waals surface area contributed by atoms with Gasteiger partial charge in [0.25, 0.3) is 5.91 Å². The van der Waals surface area contributed by atoms with Gasteiger partial charge < -0.3 is 9.72 Å². The van der Waals surface area contributed by atoms with Gasteiger partial charge in [-0.25, -0.2) is 14.5 Å². The van der Waals surface area contributed by atoms with E-state index in [1.807, 2.05) is 55.5 Å². The van der Waals surface area contributed by atoms with Gasteiger partial charge in [0.2, 0.25) is 0 Å². The first-order valence-electron chi connectivity index (χ1n) is 11.5. The maximum Gasteiger partial charge on any atom is 0.339 e. The molecule has 6 rings (SSSR count). The Balaban J connectivity index is 1.54. The summed E-state index contributed by atoms with van der Waals surface area (Å²) in [5.41, 5.74) is 5.36. The molecule has 0 unspecified atom stereocenters. The molecule has 2 aliphatic rings. The number of anilines is 1. The average molecular weight is 466 g/mol.